The molecule has 0 aromatic heterocycles. The minimum atomic E-state index is -1.10. The third-order valence-electron chi connectivity index (χ3n) is 3.00. The van der Waals surface area contributed by atoms with E-state index < -0.39 is 5.97 Å². The van der Waals surface area contributed by atoms with E-state index in [4.69, 9.17) is 21.4 Å². The molecule has 19 heavy (non-hydrogen) atoms. The van der Waals surface area contributed by atoms with Crippen LogP contribution < -0.4 is 5.32 Å². The molecular weight excluding hydrogens is 270 g/mol. The van der Waals surface area contributed by atoms with Crippen LogP contribution in [0.15, 0.2) is 18.2 Å². The Kier molecular flexibility index (Phi) is 4.39. The molecule has 0 bridgehead atoms. The number of nitrogens with one attached hydrogen (secondary N) is 1. The molecule has 102 valence electrons. The van der Waals surface area contributed by atoms with Crippen LogP contribution in [0.4, 0.5) is 5.69 Å². The predicted octanol–water partition coefficient (Wildman–Crippen LogP) is 2.40. The first-order valence-corrected chi connectivity index (χ1v) is 6.37. The number of carboxylic acid groups (broad SMARTS) is 1. The van der Waals surface area contributed by atoms with E-state index in [1.165, 1.54) is 18.2 Å². The first kappa shape index (κ1) is 13.8. The lowest BCUT2D eigenvalue weighted by atomic mass is 10.0. The van der Waals surface area contributed by atoms with Gasteiger partial charge in [-0.1, -0.05) is 11.6 Å². The first-order valence-electron chi connectivity index (χ1n) is 5.99. The van der Waals surface area contributed by atoms with Gasteiger partial charge in [-0.3, -0.25) is 4.79 Å². The number of rotatable bonds is 3. The van der Waals surface area contributed by atoms with Crippen molar-refractivity contribution in [3.63, 3.8) is 0 Å². The number of ether oxygens (including phenoxy) is 1. The summed E-state index contributed by atoms with van der Waals surface area (Å²) < 4.78 is 5.24. The molecule has 1 saturated heterocycles. The van der Waals surface area contributed by atoms with Crippen LogP contribution in [0.1, 0.15) is 23.2 Å². The highest BCUT2D eigenvalue weighted by molar-refractivity contribution is 6.31. The van der Waals surface area contributed by atoms with Gasteiger partial charge in [0.2, 0.25) is 5.91 Å². The minimum Gasteiger partial charge on any atom is -0.478 e. The number of aromatic carboxylic acids is 1. The van der Waals surface area contributed by atoms with Gasteiger partial charge in [0.25, 0.3) is 0 Å². The molecule has 0 spiro atoms. The van der Waals surface area contributed by atoms with Crippen molar-refractivity contribution in [3.8, 4) is 0 Å². The van der Waals surface area contributed by atoms with Crippen molar-refractivity contribution in [1.82, 2.24) is 0 Å². The summed E-state index contributed by atoms with van der Waals surface area (Å²) in [6.45, 7) is 1.04. The SMILES string of the molecule is O=C(O)c1ccc(Cl)cc1NC(=O)C1CCCOC1. The minimum absolute atomic E-state index is 0.0227. The van der Waals surface area contributed by atoms with Crippen LogP contribution in [0.5, 0.6) is 0 Å². The summed E-state index contributed by atoms with van der Waals surface area (Å²) in [7, 11) is 0. The molecule has 1 atom stereocenters. The fraction of sp³-hybridized carbons (Fsp3) is 0.385. The summed E-state index contributed by atoms with van der Waals surface area (Å²) in [5.74, 6) is -1.58. The molecule has 6 heteroatoms. The molecule has 0 saturated carbocycles. The topological polar surface area (TPSA) is 75.6 Å². The number of carbonyl (C=O) groups is 2. The molecule has 1 amide bonds. The molecule has 1 aliphatic rings. The van der Waals surface area contributed by atoms with Gasteiger partial charge in [0.15, 0.2) is 0 Å². The van der Waals surface area contributed by atoms with Gasteiger partial charge in [0, 0.05) is 11.6 Å². The van der Waals surface area contributed by atoms with Gasteiger partial charge in [-0.25, -0.2) is 4.79 Å². The number of hydrogen-bond donors (Lipinski definition) is 2. The molecule has 5 nitrogen and oxygen atoms in total. The van der Waals surface area contributed by atoms with E-state index in [0.29, 0.717) is 18.2 Å². The lowest BCUT2D eigenvalue weighted by Crippen LogP contribution is -2.30. The summed E-state index contributed by atoms with van der Waals surface area (Å²) in [4.78, 5) is 23.1. The van der Waals surface area contributed by atoms with Crippen molar-refractivity contribution in [3.05, 3.63) is 28.8 Å². The second kappa shape index (κ2) is 6.04. The molecular formula is C13H14ClNO4. The van der Waals surface area contributed by atoms with E-state index >= 15 is 0 Å². The van der Waals surface area contributed by atoms with E-state index in [9.17, 15) is 9.59 Å². The molecule has 1 aliphatic heterocycles. The summed E-state index contributed by atoms with van der Waals surface area (Å²) in [5.41, 5.74) is 0.241. The van der Waals surface area contributed by atoms with Crippen molar-refractivity contribution in [2.45, 2.75) is 12.8 Å². The zero-order valence-corrected chi connectivity index (χ0v) is 10.9. The quantitative estimate of drug-likeness (QED) is 0.893. The number of halogens is 1. The van der Waals surface area contributed by atoms with Gasteiger partial charge in [-0.05, 0) is 31.0 Å². The maximum absolute atomic E-state index is 12.0. The Morgan fingerprint density at radius 3 is 2.84 bits per heavy atom. The Balaban J connectivity index is 2.15. The van der Waals surface area contributed by atoms with Gasteiger partial charge < -0.3 is 15.2 Å². The average molecular weight is 284 g/mol. The second-order valence-corrected chi connectivity index (χ2v) is 4.83. The van der Waals surface area contributed by atoms with Crippen molar-refractivity contribution in [1.29, 1.82) is 0 Å². The van der Waals surface area contributed by atoms with Crippen molar-refractivity contribution >= 4 is 29.2 Å². The van der Waals surface area contributed by atoms with E-state index in [2.05, 4.69) is 5.32 Å². The van der Waals surface area contributed by atoms with Crippen LogP contribution in [-0.2, 0) is 9.53 Å². The number of hydrogen-bond acceptors (Lipinski definition) is 3. The zero-order chi connectivity index (χ0) is 13.8. The van der Waals surface area contributed by atoms with Gasteiger partial charge in [-0.15, -0.1) is 0 Å². The lowest BCUT2D eigenvalue weighted by molar-refractivity contribution is -0.123. The molecule has 1 aromatic carbocycles. The fourth-order valence-electron chi connectivity index (χ4n) is 1.99. The molecule has 1 fully saturated rings. The summed E-state index contributed by atoms with van der Waals surface area (Å²) in [6.07, 6.45) is 1.58. The molecule has 1 aromatic rings. The van der Waals surface area contributed by atoms with Crippen molar-refractivity contribution in [2.75, 3.05) is 18.5 Å². The van der Waals surface area contributed by atoms with Crippen LogP contribution in [0.25, 0.3) is 0 Å². The molecule has 2 N–H and O–H groups in total. The van der Waals surface area contributed by atoms with E-state index in [1.807, 2.05) is 0 Å². The van der Waals surface area contributed by atoms with E-state index in [-0.39, 0.29) is 23.1 Å². The van der Waals surface area contributed by atoms with Crippen molar-refractivity contribution < 1.29 is 19.4 Å². The van der Waals surface area contributed by atoms with Crippen LogP contribution in [0.3, 0.4) is 0 Å². The Morgan fingerprint density at radius 1 is 1.42 bits per heavy atom. The van der Waals surface area contributed by atoms with Gasteiger partial charge >= 0.3 is 5.97 Å². The highest BCUT2D eigenvalue weighted by Gasteiger charge is 2.23. The molecule has 1 unspecified atom stereocenters. The van der Waals surface area contributed by atoms with Crippen LogP contribution in [0.2, 0.25) is 5.02 Å². The molecule has 0 radical (unpaired) electrons. The van der Waals surface area contributed by atoms with E-state index in [1.54, 1.807) is 0 Å². The van der Waals surface area contributed by atoms with Crippen molar-refractivity contribution in [2.24, 2.45) is 5.92 Å². The number of amides is 1. The third-order valence-corrected chi connectivity index (χ3v) is 3.24. The maximum atomic E-state index is 12.0. The number of carboxylic acids is 1. The van der Waals surface area contributed by atoms with Gasteiger partial charge in [-0.2, -0.15) is 0 Å². The molecule has 0 aliphatic carbocycles. The smallest absolute Gasteiger partial charge is 0.337 e. The normalized spacial score (nSPS) is 18.9. The van der Waals surface area contributed by atoms with Crippen LogP contribution in [-0.4, -0.2) is 30.2 Å². The standard InChI is InChI=1S/C13H14ClNO4/c14-9-3-4-10(13(17)18)11(6-9)15-12(16)8-2-1-5-19-7-8/h3-4,6,8H,1-2,5,7H2,(H,15,16)(H,17,18). The molecule has 1 heterocycles. The second-order valence-electron chi connectivity index (χ2n) is 4.40. The first-order chi connectivity index (χ1) is 9.08. The van der Waals surface area contributed by atoms with E-state index in [0.717, 1.165) is 12.8 Å². The maximum Gasteiger partial charge on any atom is 0.337 e. The third kappa shape index (κ3) is 3.45. The Labute approximate surface area is 115 Å². The van der Waals surface area contributed by atoms with Crippen LogP contribution >= 0.6 is 11.6 Å². The highest BCUT2D eigenvalue weighted by Crippen LogP contribution is 2.23. The van der Waals surface area contributed by atoms with Crippen LogP contribution in [0, 0.1) is 5.92 Å². The summed E-state index contributed by atoms with van der Waals surface area (Å²) in [6, 6.07) is 4.29. The zero-order valence-electron chi connectivity index (χ0n) is 10.2. The summed E-state index contributed by atoms with van der Waals surface area (Å²) >= 11 is 5.82. The average Bonchev–Trinajstić information content (AvgIpc) is 2.39. The Morgan fingerprint density at radius 2 is 2.21 bits per heavy atom. The lowest BCUT2D eigenvalue weighted by Gasteiger charge is -2.21. The predicted molar refractivity (Wildman–Crippen MR) is 70.6 cm³/mol. The Bertz CT molecular complexity index is 497. The molecule has 2 rings (SSSR count). The Hall–Kier alpha value is -1.59. The fourth-order valence-corrected chi connectivity index (χ4v) is 2.16. The number of benzene rings is 1. The number of anilines is 1. The monoisotopic (exact) mass is 283 g/mol. The highest BCUT2D eigenvalue weighted by atomic mass is 35.5. The number of carbonyl (C=O) groups excluding carboxylic acids is 1. The van der Waals surface area contributed by atoms with Gasteiger partial charge in [0.1, 0.15) is 0 Å². The largest absolute Gasteiger partial charge is 0.478 e. The summed E-state index contributed by atoms with van der Waals surface area (Å²) in [5, 5.41) is 12.1. The van der Waals surface area contributed by atoms with Gasteiger partial charge in [0.05, 0.1) is 23.8 Å².